The fraction of sp³-hybridized carbons (Fsp3) is 0. The Hall–Kier alpha value is -5.66. The van der Waals surface area contributed by atoms with Crippen molar-refractivity contribution in [3.63, 3.8) is 0 Å². The van der Waals surface area contributed by atoms with E-state index in [0.717, 1.165) is 54.2 Å². The Morgan fingerprint density at radius 2 is 0.930 bits per heavy atom. The summed E-state index contributed by atoms with van der Waals surface area (Å²) in [4.78, 5) is 0. The van der Waals surface area contributed by atoms with Gasteiger partial charge >= 0.3 is 0 Å². The summed E-state index contributed by atoms with van der Waals surface area (Å²) in [5, 5.41) is 6.60. The van der Waals surface area contributed by atoms with E-state index < -0.39 is 12.1 Å². The molecule has 0 bridgehead atoms. The van der Waals surface area contributed by atoms with Gasteiger partial charge in [-0.25, -0.2) is 0 Å². The second kappa shape index (κ2) is 9.44. The summed E-state index contributed by atoms with van der Waals surface area (Å²) in [5.41, 5.74) is 4.55. The van der Waals surface area contributed by atoms with Crippen LogP contribution in [-0.2, 0) is 0 Å². The summed E-state index contributed by atoms with van der Waals surface area (Å²) >= 11 is 0. The topological polar surface area (TPSA) is 13.1 Å². The molecule has 1 nitrogen and oxygen atoms in total. The molecule has 0 unspecified atom stereocenters. The summed E-state index contributed by atoms with van der Waals surface area (Å²) < 4.78 is 90.3. The molecule has 0 aliphatic heterocycles. The van der Waals surface area contributed by atoms with Crippen molar-refractivity contribution in [2.45, 2.75) is 0 Å². The van der Waals surface area contributed by atoms with E-state index in [4.69, 9.17) is 18.1 Å². The molecule has 0 amide bonds. The van der Waals surface area contributed by atoms with Gasteiger partial charge in [0.05, 0.1) is 13.7 Å². The highest BCUT2D eigenvalue weighted by molar-refractivity contribution is 6.22. The lowest BCUT2D eigenvalue weighted by Crippen LogP contribution is -1.90. The summed E-state index contributed by atoms with van der Waals surface area (Å²) in [6, 6.07) is 27.4. The Bertz CT molecular complexity index is 2960. The van der Waals surface area contributed by atoms with E-state index in [-0.39, 0.29) is 59.5 Å². The van der Waals surface area contributed by atoms with E-state index in [1.54, 1.807) is 6.07 Å². The number of benzene rings is 8. The number of fused-ring (bicyclic) bond motifs is 6. The van der Waals surface area contributed by atoms with Gasteiger partial charge in [0.15, 0.2) is 0 Å². The normalized spacial score (nSPS) is 15.0. The van der Waals surface area contributed by atoms with Crippen LogP contribution in [0, 0.1) is 0 Å². The van der Waals surface area contributed by atoms with E-state index in [2.05, 4.69) is 6.07 Å². The van der Waals surface area contributed by atoms with Crippen LogP contribution in [0.25, 0.3) is 87.6 Å². The molecular weight excluding hydrogens is 520 g/mol. The Balaban J connectivity index is 1.29. The maximum absolute atomic E-state index is 8.83. The largest absolute Gasteiger partial charge is 0.456 e. The van der Waals surface area contributed by atoms with Gasteiger partial charge in [-0.2, -0.15) is 0 Å². The number of rotatable bonds is 3. The number of hydrogen-bond acceptors (Lipinski definition) is 1. The van der Waals surface area contributed by atoms with Crippen LogP contribution in [0.1, 0.15) is 13.7 Å². The van der Waals surface area contributed by atoms with Gasteiger partial charge in [-0.15, -0.1) is 0 Å². The summed E-state index contributed by atoms with van der Waals surface area (Å²) in [7, 11) is 0. The molecule has 1 aromatic heterocycles. The molecular formula is C42H26O. The quantitative estimate of drug-likeness (QED) is 0.197. The van der Waals surface area contributed by atoms with Gasteiger partial charge in [0.25, 0.3) is 0 Å². The fourth-order valence-electron chi connectivity index (χ4n) is 6.31. The van der Waals surface area contributed by atoms with E-state index in [0.29, 0.717) is 22.3 Å². The maximum atomic E-state index is 8.83. The fourth-order valence-corrected chi connectivity index (χ4v) is 6.31. The van der Waals surface area contributed by atoms with Gasteiger partial charge in [0.2, 0.25) is 0 Å². The van der Waals surface area contributed by atoms with Gasteiger partial charge in [-0.3, -0.25) is 0 Å². The monoisotopic (exact) mass is 556 g/mol. The minimum absolute atomic E-state index is 0.142. The van der Waals surface area contributed by atoms with Gasteiger partial charge < -0.3 is 4.42 Å². The Morgan fingerprint density at radius 1 is 0.372 bits per heavy atom. The van der Waals surface area contributed by atoms with Crippen LogP contribution in [0.2, 0.25) is 0 Å². The van der Waals surface area contributed by atoms with Crippen molar-refractivity contribution in [3.8, 4) is 33.4 Å². The summed E-state index contributed by atoms with van der Waals surface area (Å²) in [5.74, 6) is 0. The van der Waals surface area contributed by atoms with Crippen molar-refractivity contribution < 1.29 is 18.1 Å². The van der Waals surface area contributed by atoms with Gasteiger partial charge in [-0.05, 0) is 96.0 Å². The zero-order valence-electron chi connectivity index (χ0n) is 32.6. The zero-order valence-corrected chi connectivity index (χ0v) is 22.6. The lowest BCUT2D eigenvalue weighted by molar-refractivity contribution is 0.669. The first-order chi connectivity index (χ1) is 25.5. The molecule has 0 radical (unpaired) electrons. The van der Waals surface area contributed by atoms with Crippen molar-refractivity contribution >= 4 is 54.3 Å². The van der Waals surface area contributed by atoms with Crippen molar-refractivity contribution in [2.75, 3.05) is 0 Å². The molecule has 0 atom stereocenters. The van der Waals surface area contributed by atoms with Crippen LogP contribution >= 0.6 is 0 Å². The van der Waals surface area contributed by atoms with Crippen molar-refractivity contribution in [1.29, 1.82) is 0 Å². The smallest absolute Gasteiger partial charge is 0.136 e. The SMILES string of the molecule is [2H]c1c([2H])c([2H])c(-c2ccc3cc4oc5ccc(-c6c7ccccc7c(-c7c([2H])c([2H])c([2H])c([2H])c7[2H])c7ccccc67)cc5c4cc3c2)c([2H])c1[2H]. The highest BCUT2D eigenvalue weighted by atomic mass is 16.3. The van der Waals surface area contributed by atoms with Crippen molar-refractivity contribution in [3.05, 3.63) is 157 Å². The standard InChI is InChI=1S/C42H26O/c1-3-11-27(12-4-1)29-19-20-30-26-40-38(25-32(30)23-29)37-24-31(21-22-39(37)43-40)42-35-17-9-7-15-33(35)41(28-13-5-2-6-14-28)34-16-8-10-18-36(34)42/h1-26H/i1D,2D,3D,4D,5D,6D,11D,12D,13D,14D. The van der Waals surface area contributed by atoms with E-state index in [1.807, 2.05) is 84.9 Å². The van der Waals surface area contributed by atoms with Gasteiger partial charge in [-0.1, -0.05) is 127 Å². The van der Waals surface area contributed by atoms with Gasteiger partial charge in [0.1, 0.15) is 11.2 Å². The summed E-state index contributed by atoms with van der Waals surface area (Å²) in [6.45, 7) is 0. The Labute approximate surface area is 263 Å². The minimum atomic E-state index is -0.437. The predicted octanol–water partition coefficient (Wildman–Crippen LogP) is 12.0. The zero-order chi connectivity index (χ0) is 37.0. The highest BCUT2D eigenvalue weighted by Crippen LogP contribution is 2.45. The van der Waals surface area contributed by atoms with E-state index in [1.165, 1.54) is 0 Å². The second-order valence-electron chi connectivity index (χ2n) is 10.6. The van der Waals surface area contributed by atoms with Crippen LogP contribution in [0.15, 0.2) is 162 Å². The Kier molecular flexibility index (Phi) is 3.53. The van der Waals surface area contributed by atoms with Crippen LogP contribution in [0.3, 0.4) is 0 Å². The average molecular weight is 557 g/mol. The number of hydrogen-bond donors (Lipinski definition) is 0. The molecule has 0 N–H and O–H groups in total. The minimum Gasteiger partial charge on any atom is -0.456 e. The first-order valence-corrected chi connectivity index (χ1v) is 13.9. The first-order valence-electron chi connectivity index (χ1n) is 18.9. The molecule has 1 heteroatoms. The molecule has 1 heterocycles. The molecule has 0 aliphatic rings. The molecule has 9 aromatic rings. The third-order valence-electron chi connectivity index (χ3n) is 8.19. The van der Waals surface area contributed by atoms with Crippen molar-refractivity contribution in [2.24, 2.45) is 0 Å². The molecule has 0 saturated heterocycles. The third-order valence-corrected chi connectivity index (χ3v) is 8.19. The molecule has 9 rings (SSSR count). The first kappa shape index (κ1) is 16.1. The van der Waals surface area contributed by atoms with Crippen LogP contribution < -0.4 is 0 Å². The van der Waals surface area contributed by atoms with Crippen LogP contribution in [-0.4, -0.2) is 0 Å². The van der Waals surface area contributed by atoms with Crippen LogP contribution in [0.4, 0.5) is 0 Å². The number of furan rings is 1. The van der Waals surface area contributed by atoms with E-state index in [9.17, 15) is 0 Å². The molecule has 0 fully saturated rings. The van der Waals surface area contributed by atoms with Gasteiger partial charge in [0, 0.05) is 10.8 Å². The molecule has 0 spiro atoms. The lowest BCUT2D eigenvalue weighted by atomic mass is 9.86. The highest BCUT2D eigenvalue weighted by Gasteiger charge is 2.18. The van der Waals surface area contributed by atoms with Crippen LogP contribution in [0.5, 0.6) is 0 Å². The molecule has 200 valence electrons. The lowest BCUT2D eigenvalue weighted by Gasteiger charge is -2.17. The second-order valence-corrected chi connectivity index (χ2v) is 10.6. The molecule has 0 saturated carbocycles. The molecule has 0 aliphatic carbocycles. The molecule has 8 aromatic carbocycles. The average Bonchev–Trinajstić information content (AvgIpc) is 3.53. The Morgan fingerprint density at radius 3 is 1.58 bits per heavy atom. The maximum Gasteiger partial charge on any atom is 0.136 e. The van der Waals surface area contributed by atoms with Crippen molar-refractivity contribution in [1.82, 2.24) is 0 Å². The van der Waals surface area contributed by atoms with E-state index >= 15 is 0 Å². The molecule has 43 heavy (non-hydrogen) atoms. The summed E-state index contributed by atoms with van der Waals surface area (Å²) in [6.07, 6.45) is 0. The third kappa shape index (κ3) is 3.79. The predicted molar refractivity (Wildman–Crippen MR) is 183 cm³/mol.